The Morgan fingerprint density at radius 1 is 1.20 bits per heavy atom. The molecule has 0 fully saturated rings. The lowest BCUT2D eigenvalue weighted by Gasteiger charge is -2.11. The van der Waals surface area contributed by atoms with Crippen molar-refractivity contribution in [3.8, 4) is 5.75 Å². The van der Waals surface area contributed by atoms with Crippen molar-refractivity contribution in [2.45, 2.75) is 4.90 Å². The van der Waals surface area contributed by atoms with E-state index in [1.165, 1.54) is 25.3 Å². The van der Waals surface area contributed by atoms with Gasteiger partial charge >= 0.3 is 0 Å². The van der Waals surface area contributed by atoms with Crippen LogP contribution in [-0.2, 0) is 14.8 Å². The number of halogens is 1. The maximum atomic E-state index is 12.1. The minimum atomic E-state index is -3.62. The molecule has 2 N–H and O–H groups in total. The Balaban J connectivity index is 2.60. The molecule has 0 aliphatic heterocycles. The summed E-state index contributed by atoms with van der Waals surface area (Å²) in [7, 11) is -0.609. The van der Waals surface area contributed by atoms with Gasteiger partial charge in [-0.1, -0.05) is 11.6 Å². The summed E-state index contributed by atoms with van der Waals surface area (Å²) in [6, 6.07) is 4.39. The highest BCUT2D eigenvalue weighted by Crippen LogP contribution is 2.26. The van der Waals surface area contributed by atoms with E-state index in [0.717, 1.165) is 0 Å². The zero-order valence-corrected chi connectivity index (χ0v) is 13.1. The lowest BCUT2D eigenvalue weighted by Crippen LogP contribution is -2.33. The molecule has 1 aromatic carbocycles. The van der Waals surface area contributed by atoms with Crippen molar-refractivity contribution in [3.05, 3.63) is 23.2 Å². The number of sulfonamides is 1. The summed E-state index contributed by atoms with van der Waals surface area (Å²) in [5, 5.41) is 3.46. The van der Waals surface area contributed by atoms with Gasteiger partial charge in [-0.2, -0.15) is 0 Å². The van der Waals surface area contributed by atoms with E-state index >= 15 is 0 Å². The molecular weight excluding hydrogens is 304 g/mol. The predicted molar refractivity (Wildman–Crippen MR) is 77.9 cm³/mol. The molecule has 1 aromatic rings. The number of rotatable bonds is 9. The molecule has 0 radical (unpaired) electrons. The Hall–Kier alpha value is -0.860. The van der Waals surface area contributed by atoms with Crippen LogP contribution < -0.4 is 14.8 Å². The molecule has 0 bridgehead atoms. The van der Waals surface area contributed by atoms with Crippen molar-refractivity contribution in [1.29, 1.82) is 0 Å². The highest BCUT2D eigenvalue weighted by Gasteiger charge is 2.18. The van der Waals surface area contributed by atoms with E-state index in [9.17, 15) is 8.42 Å². The van der Waals surface area contributed by atoms with Crippen LogP contribution in [0.2, 0.25) is 5.02 Å². The number of hydrogen-bond donors (Lipinski definition) is 2. The Morgan fingerprint density at radius 2 is 1.95 bits per heavy atom. The maximum Gasteiger partial charge on any atom is 0.244 e. The topological polar surface area (TPSA) is 76.7 Å². The summed E-state index contributed by atoms with van der Waals surface area (Å²) in [6.07, 6.45) is 0. The second-order valence-corrected chi connectivity index (χ2v) is 6.11. The molecule has 0 saturated heterocycles. The van der Waals surface area contributed by atoms with E-state index in [-0.39, 0.29) is 17.2 Å². The molecule has 0 aromatic heterocycles. The van der Waals surface area contributed by atoms with Gasteiger partial charge in [0, 0.05) is 37.8 Å². The zero-order valence-electron chi connectivity index (χ0n) is 11.5. The third kappa shape index (κ3) is 5.26. The molecule has 114 valence electrons. The SMILES string of the molecule is COCCNCCNS(=O)(=O)c1ccc(Cl)cc1OC. The highest BCUT2D eigenvalue weighted by atomic mass is 35.5. The number of hydrogen-bond acceptors (Lipinski definition) is 5. The first-order valence-electron chi connectivity index (χ1n) is 6.04. The second-order valence-electron chi connectivity index (χ2n) is 3.94. The average Bonchev–Trinajstić information content (AvgIpc) is 2.42. The highest BCUT2D eigenvalue weighted by molar-refractivity contribution is 7.89. The summed E-state index contributed by atoms with van der Waals surface area (Å²) in [5.41, 5.74) is 0. The van der Waals surface area contributed by atoms with Crippen LogP contribution in [0.4, 0.5) is 0 Å². The van der Waals surface area contributed by atoms with Gasteiger partial charge in [0.2, 0.25) is 10.0 Å². The second kappa shape index (κ2) is 8.43. The first-order chi connectivity index (χ1) is 9.51. The van der Waals surface area contributed by atoms with Crippen LogP contribution in [-0.4, -0.2) is 48.9 Å². The van der Waals surface area contributed by atoms with Crippen LogP contribution in [0, 0.1) is 0 Å². The van der Waals surface area contributed by atoms with Gasteiger partial charge in [0.25, 0.3) is 0 Å². The van der Waals surface area contributed by atoms with Crippen LogP contribution in [0.25, 0.3) is 0 Å². The molecule has 0 saturated carbocycles. The molecule has 0 aliphatic carbocycles. The Kier molecular flexibility index (Phi) is 7.25. The van der Waals surface area contributed by atoms with Gasteiger partial charge in [0.1, 0.15) is 10.6 Å². The van der Waals surface area contributed by atoms with Gasteiger partial charge in [0.15, 0.2) is 0 Å². The molecule has 6 nitrogen and oxygen atoms in total. The quantitative estimate of drug-likeness (QED) is 0.660. The Bertz CT molecular complexity index is 522. The third-order valence-corrected chi connectivity index (χ3v) is 4.23. The normalized spacial score (nSPS) is 11.6. The van der Waals surface area contributed by atoms with Gasteiger partial charge in [0.05, 0.1) is 13.7 Å². The molecule has 0 aliphatic rings. The molecule has 0 spiro atoms. The lowest BCUT2D eigenvalue weighted by atomic mass is 10.3. The van der Waals surface area contributed by atoms with Gasteiger partial charge in [-0.05, 0) is 12.1 Å². The lowest BCUT2D eigenvalue weighted by molar-refractivity contribution is 0.199. The third-order valence-electron chi connectivity index (χ3n) is 2.49. The first kappa shape index (κ1) is 17.2. The number of nitrogens with one attached hydrogen (secondary N) is 2. The number of ether oxygens (including phenoxy) is 2. The fourth-order valence-electron chi connectivity index (χ4n) is 1.51. The van der Waals surface area contributed by atoms with Gasteiger partial charge in [-0.15, -0.1) is 0 Å². The predicted octanol–water partition coefficient (Wildman–Crippen LogP) is 0.863. The summed E-state index contributed by atoms with van der Waals surface area (Å²) in [6.45, 7) is 2.04. The molecule has 8 heteroatoms. The fraction of sp³-hybridized carbons (Fsp3) is 0.500. The molecule has 0 atom stereocenters. The van der Waals surface area contributed by atoms with E-state index in [4.69, 9.17) is 21.1 Å². The van der Waals surface area contributed by atoms with Crippen molar-refractivity contribution >= 4 is 21.6 Å². The van der Waals surface area contributed by atoms with E-state index in [1.54, 1.807) is 7.11 Å². The minimum Gasteiger partial charge on any atom is -0.495 e. The van der Waals surface area contributed by atoms with Crippen LogP contribution in [0.3, 0.4) is 0 Å². The Morgan fingerprint density at radius 3 is 2.60 bits per heavy atom. The van der Waals surface area contributed by atoms with Gasteiger partial charge < -0.3 is 14.8 Å². The largest absolute Gasteiger partial charge is 0.495 e. The summed E-state index contributed by atoms with van der Waals surface area (Å²) >= 11 is 5.80. The van der Waals surface area contributed by atoms with Gasteiger partial charge in [-0.25, -0.2) is 13.1 Å². The van der Waals surface area contributed by atoms with Crippen LogP contribution in [0.15, 0.2) is 23.1 Å². The van der Waals surface area contributed by atoms with Crippen molar-refractivity contribution in [1.82, 2.24) is 10.0 Å². The van der Waals surface area contributed by atoms with Crippen molar-refractivity contribution in [2.24, 2.45) is 0 Å². The first-order valence-corrected chi connectivity index (χ1v) is 7.90. The zero-order chi connectivity index (χ0) is 15.0. The van der Waals surface area contributed by atoms with Crippen LogP contribution >= 0.6 is 11.6 Å². The van der Waals surface area contributed by atoms with E-state index < -0.39 is 10.0 Å². The summed E-state index contributed by atoms with van der Waals surface area (Å²) in [4.78, 5) is 0.0706. The standard InChI is InChI=1S/C12H19ClN2O4S/c1-18-8-7-14-5-6-15-20(16,17)12-4-3-10(13)9-11(12)19-2/h3-4,9,14-15H,5-8H2,1-2H3. The Labute approximate surface area is 124 Å². The van der Waals surface area contributed by atoms with Crippen molar-refractivity contribution < 1.29 is 17.9 Å². The minimum absolute atomic E-state index is 0.0706. The monoisotopic (exact) mass is 322 g/mol. The van der Waals surface area contributed by atoms with E-state index in [0.29, 0.717) is 24.7 Å². The van der Waals surface area contributed by atoms with Crippen molar-refractivity contribution in [3.63, 3.8) is 0 Å². The van der Waals surface area contributed by atoms with Crippen LogP contribution in [0.5, 0.6) is 5.75 Å². The molecule has 1 rings (SSSR count). The van der Waals surface area contributed by atoms with E-state index in [2.05, 4.69) is 10.0 Å². The number of methoxy groups -OCH3 is 2. The van der Waals surface area contributed by atoms with Crippen molar-refractivity contribution in [2.75, 3.05) is 40.5 Å². The molecule has 20 heavy (non-hydrogen) atoms. The summed E-state index contributed by atoms with van der Waals surface area (Å²) < 4.78 is 36.6. The van der Waals surface area contributed by atoms with E-state index in [1.807, 2.05) is 0 Å². The van der Waals surface area contributed by atoms with Gasteiger partial charge in [-0.3, -0.25) is 0 Å². The smallest absolute Gasteiger partial charge is 0.244 e. The number of benzene rings is 1. The summed E-state index contributed by atoms with van der Waals surface area (Å²) in [5.74, 6) is 0.220. The van der Waals surface area contributed by atoms with Crippen LogP contribution in [0.1, 0.15) is 0 Å². The molecular formula is C12H19ClN2O4S. The fourth-order valence-corrected chi connectivity index (χ4v) is 2.86. The average molecular weight is 323 g/mol. The molecule has 0 unspecified atom stereocenters. The molecule has 0 amide bonds. The maximum absolute atomic E-state index is 12.1. The molecule has 0 heterocycles.